The monoisotopic (exact) mass is 496 g/mol. The smallest absolute Gasteiger partial charge is 0.281 e. The van der Waals surface area contributed by atoms with Gasteiger partial charge in [0.2, 0.25) is 0 Å². The fraction of sp³-hybridized carbons (Fsp3) is 0.130. The average Bonchev–Trinajstić information content (AvgIpc) is 3.15. The zero-order valence-electron chi connectivity index (χ0n) is 18.3. The maximum Gasteiger partial charge on any atom is 0.281 e. The van der Waals surface area contributed by atoms with Crippen molar-refractivity contribution < 1.29 is 18.1 Å². The van der Waals surface area contributed by atoms with Crippen LogP contribution in [0.15, 0.2) is 76.6 Å². The zero-order valence-corrected chi connectivity index (χ0v) is 19.9. The summed E-state index contributed by atoms with van der Waals surface area (Å²) in [5, 5.41) is 11.1. The van der Waals surface area contributed by atoms with Gasteiger partial charge in [-0.05, 0) is 44.2 Å². The van der Waals surface area contributed by atoms with E-state index in [2.05, 4.69) is 9.71 Å². The molecule has 0 spiro atoms. The van der Waals surface area contributed by atoms with Gasteiger partial charge < -0.3 is 4.57 Å². The van der Waals surface area contributed by atoms with Crippen molar-refractivity contribution in [3.63, 3.8) is 0 Å². The minimum absolute atomic E-state index is 0.0502. The zero-order chi connectivity index (χ0) is 24.5. The molecule has 11 heteroatoms. The Bertz CT molecular complexity index is 1590. The van der Waals surface area contributed by atoms with E-state index in [4.69, 9.17) is 0 Å². The van der Waals surface area contributed by atoms with Crippen molar-refractivity contribution in [3.05, 3.63) is 92.8 Å². The molecule has 4 aromatic rings. The molecule has 1 heterocycles. The molecule has 1 N–H and O–H groups in total. The third-order valence-corrected chi connectivity index (χ3v) is 7.55. The maximum absolute atomic E-state index is 13.1. The number of non-ortho nitro benzene ring substituents is 1. The second-order valence-corrected chi connectivity index (χ2v) is 10.1. The highest BCUT2D eigenvalue weighted by atomic mass is 32.2. The number of anilines is 1. The number of amides is 1. The molecular weight excluding hydrogens is 476 g/mol. The number of sulfonamides is 1. The molecule has 0 saturated carbocycles. The van der Waals surface area contributed by atoms with Crippen molar-refractivity contribution in [2.45, 2.75) is 25.3 Å². The number of nitrogens with zero attached hydrogens (tertiary/aromatic N) is 3. The Kier molecular flexibility index (Phi) is 6.31. The minimum Gasteiger partial charge on any atom is -0.317 e. The summed E-state index contributed by atoms with van der Waals surface area (Å²) in [6, 6.07) is 17.1. The number of benzene rings is 3. The molecule has 0 aliphatic carbocycles. The highest BCUT2D eigenvalue weighted by Gasteiger charge is 2.19. The summed E-state index contributed by atoms with van der Waals surface area (Å²) < 4.78 is 30.6. The Labute approximate surface area is 199 Å². The van der Waals surface area contributed by atoms with E-state index in [1.54, 1.807) is 34.9 Å². The molecule has 0 radical (unpaired) electrons. The molecule has 9 nitrogen and oxygen atoms in total. The lowest BCUT2D eigenvalue weighted by molar-refractivity contribution is -0.384. The SMILES string of the molecule is CCn1c(=NC(=O)c2ccccc2NS(=O)(=O)c2ccc(C)cc2)sc2cc([N+](=O)[O-])ccc21. The summed E-state index contributed by atoms with van der Waals surface area (Å²) >= 11 is 1.15. The second-order valence-electron chi connectivity index (χ2n) is 7.42. The van der Waals surface area contributed by atoms with Crippen LogP contribution in [0.2, 0.25) is 0 Å². The fourth-order valence-electron chi connectivity index (χ4n) is 3.39. The van der Waals surface area contributed by atoms with Gasteiger partial charge in [-0.1, -0.05) is 41.2 Å². The van der Waals surface area contributed by atoms with E-state index in [1.807, 2.05) is 13.8 Å². The Morgan fingerprint density at radius 1 is 1.12 bits per heavy atom. The van der Waals surface area contributed by atoms with Crippen molar-refractivity contribution in [1.29, 1.82) is 0 Å². The lowest BCUT2D eigenvalue weighted by Gasteiger charge is -2.11. The van der Waals surface area contributed by atoms with Gasteiger partial charge in [-0.25, -0.2) is 8.42 Å². The fourth-order valence-corrected chi connectivity index (χ4v) is 5.60. The number of carbonyl (C=O) groups is 1. The number of aromatic nitrogens is 1. The first-order valence-corrected chi connectivity index (χ1v) is 12.5. The van der Waals surface area contributed by atoms with Gasteiger partial charge in [0.25, 0.3) is 21.6 Å². The molecule has 4 rings (SSSR count). The van der Waals surface area contributed by atoms with Gasteiger partial charge in [-0.3, -0.25) is 19.6 Å². The molecule has 0 unspecified atom stereocenters. The molecule has 1 amide bonds. The van der Waals surface area contributed by atoms with E-state index in [9.17, 15) is 23.3 Å². The number of fused-ring (bicyclic) bond motifs is 1. The summed E-state index contributed by atoms with van der Waals surface area (Å²) in [5.41, 5.74) is 1.79. The number of hydrogen-bond acceptors (Lipinski definition) is 6. The summed E-state index contributed by atoms with van der Waals surface area (Å²) in [6.45, 7) is 4.22. The Hall–Kier alpha value is -3.83. The normalized spacial score (nSPS) is 12.1. The lowest BCUT2D eigenvalue weighted by atomic mass is 10.2. The molecule has 174 valence electrons. The number of para-hydroxylation sites is 1. The van der Waals surface area contributed by atoms with Gasteiger partial charge in [-0.15, -0.1) is 0 Å². The van der Waals surface area contributed by atoms with Gasteiger partial charge in [0, 0.05) is 18.7 Å². The van der Waals surface area contributed by atoms with E-state index in [0.29, 0.717) is 16.0 Å². The summed E-state index contributed by atoms with van der Waals surface area (Å²) in [6.07, 6.45) is 0. The average molecular weight is 497 g/mol. The Balaban J connectivity index is 1.74. The van der Waals surface area contributed by atoms with Crippen LogP contribution in [0.1, 0.15) is 22.8 Å². The predicted molar refractivity (Wildman–Crippen MR) is 130 cm³/mol. The summed E-state index contributed by atoms with van der Waals surface area (Å²) in [7, 11) is -3.92. The summed E-state index contributed by atoms with van der Waals surface area (Å²) in [5.74, 6) is -0.634. The van der Waals surface area contributed by atoms with Crippen molar-refractivity contribution in [3.8, 4) is 0 Å². The maximum atomic E-state index is 13.1. The van der Waals surface area contributed by atoms with Crippen LogP contribution >= 0.6 is 11.3 Å². The highest BCUT2D eigenvalue weighted by Crippen LogP contribution is 2.24. The molecule has 1 aromatic heterocycles. The van der Waals surface area contributed by atoms with Gasteiger partial charge in [0.1, 0.15) is 0 Å². The number of aryl methyl sites for hydroxylation is 2. The Morgan fingerprint density at radius 3 is 2.50 bits per heavy atom. The van der Waals surface area contributed by atoms with E-state index in [1.165, 1.54) is 36.4 Å². The van der Waals surface area contributed by atoms with E-state index < -0.39 is 20.9 Å². The quantitative estimate of drug-likeness (QED) is 0.311. The minimum atomic E-state index is -3.92. The van der Waals surface area contributed by atoms with Crippen LogP contribution in [0.25, 0.3) is 10.2 Å². The molecule has 34 heavy (non-hydrogen) atoms. The topological polar surface area (TPSA) is 124 Å². The van der Waals surface area contributed by atoms with Crippen LogP contribution in [0, 0.1) is 17.0 Å². The third kappa shape index (κ3) is 4.61. The van der Waals surface area contributed by atoms with Crippen molar-refractivity contribution in [2.24, 2.45) is 4.99 Å². The van der Waals surface area contributed by atoms with Crippen LogP contribution in [0.4, 0.5) is 11.4 Å². The van der Waals surface area contributed by atoms with Crippen molar-refractivity contribution in [2.75, 3.05) is 4.72 Å². The van der Waals surface area contributed by atoms with E-state index in [0.717, 1.165) is 22.4 Å². The van der Waals surface area contributed by atoms with Crippen LogP contribution in [0.3, 0.4) is 0 Å². The number of hydrogen-bond donors (Lipinski definition) is 1. The van der Waals surface area contributed by atoms with Crippen molar-refractivity contribution >= 4 is 48.9 Å². The van der Waals surface area contributed by atoms with Crippen LogP contribution in [-0.2, 0) is 16.6 Å². The molecular formula is C23H20N4O5S2. The number of rotatable bonds is 6. The molecule has 0 aliphatic rings. The van der Waals surface area contributed by atoms with Gasteiger partial charge >= 0.3 is 0 Å². The number of nitro groups is 1. The van der Waals surface area contributed by atoms with Crippen LogP contribution < -0.4 is 9.52 Å². The molecule has 0 bridgehead atoms. The second kappa shape index (κ2) is 9.20. The first kappa shape index (κ1) is 23.3. The number of thiazole rings is 1. The van der Waals surface area contributed by atoms with Gasteiger partial charge in [0.05, 0.1) is 31.3 Å². The van der Waals surface area contributed by atoms with Crippen LogP contribution in [-0.4, -0.2) is 23.8 Å². The largest absolute Gasteiger partial charge is 0.317 e. The third-order valence-electron chi connectivity index (χ3n) is 5.12. The first-order chi connectivity index (χ1) is 16.2. The molecule has 0 atom stereocenters. The van der Waals surface area contributed by atoms with E-state index in [-0.39, 0.29) is 21.8 Å². The molecule has 0 fully saturated rings. The summed E-state index contributed by atoms with van der Waals surface area (Å²) in [4.78, 5) is 28.4. The number of carbonyl (C=O) groups excluding carboxylic acids is 1. The van der Waals surface area contributed by atoms with Gasteiger partial charge in [-0.2, -0.15) is 4.99 Å². The number of nitro benzene ring substituents is 1. The highest BCUT2D eigenvalue weighted by molar-refractivity contribution is 7.92. The molecule has 0 aliphatic heterocycles. The lowest BCUT2D eigenvalue weighted by Crippen LogP contribution is -2.18. The van der Waals surface area contributed by atoms with Gasteiger partial charge in [0.15, 0.2) is 4.80 Å². The van der Waals surface area contributed by atoms with Crippen molar-refractivity contribution in [1.82, 2.24) is 4.57 Å². The molecule has 3 aromatic carbocycles. The molecule has 0 saturated heterocycles. The first-order valence-electron chi connectivity index (χ1n) is 10.2. The number of nitrogens with one attached hydrogen (secondary N) is 1. The predicted octanol–water partition coefficient (Wildman–Crippen LogP) is 4.48. The van der Waals surface area contributed by atoms with Crippen LogP contribution in [0.5, 0.6) is 0 Å². The Morgan fingerprint density at radius 2 is 1.82 bits per heavy atom. The standard InChI is InChI=1S/C23H20N4O5S2/c1-3-26-20-13-10-16(27(29)30)14-21(20)33-23(26)24-22(28)18-6-4-5-7-19(18)25-34(31,32)17-11-8-15(2)9-12-17/h4-14,25H,3H2,1-2H3. The van der Waals surface area contributed by atoms with E-state index >= 15 is 0 Å².